The van der Waals surface area contributed by atoms with E-state index in [0.29, 0.717) is 11.8 Å². The van der Waals surface area contributed by atoms with E-state index in [1.54, 1.807) is 10.8 Å². The quantitative estimate of drug-likeness (QED) is 0.497. The number of thioether (sulfide) groups is 1. The number of thiocyanates is 2. The van der Waals surface area contributed by atoms with Crippen molar-refractivity contribution in [3.8, 4) is 10.8 Å². The molecule has 0 saturated carbocycles. The molecule has 0 aliphatic heterocycles. The zero-order valence-electron chi connectivity index (χ0n) is 3.21. The third-order valence-electron chi connectivity index (χ3n) is 0.0913. The van der Waals surface area contributed by atoms with Crippen molar-refractivity contribution in [1.82, 2.24) is 0 Å². The summed E-state index contributed by atoms with van der Waals surface area (Å²) in [4.78, 5) is 0. The van der Waals surface area contributed by atoms with Gasteiger partial charge in [0, 0.05) is 12.4 Å². The highest BCUT2D eigenvalue weighted by Gasteiger charge is 1.62. The van der Waals surface area contributed by atoms with Crippen LogP contribution in [0.15, 0.2) is 0 Å². The van der Waals surface area contributed by atoms with Gasteiger partial charge in [-0.1, -0.05) is 0 Å². The molecule has 0 amide bonds. The molecule has 0 aromatic carbocycles. The molecule has 0 fully saturated rings. The van der Waals surface area contributed by atoms with Crippen molar-refractivity contribution in [3.63, 3.8) is 0 Å². The van der Waals surface area contributed by atoms with Gasteiger partial charge in [-0.15, -0.1) is 0 Å². The molecule has 0 heterocycles. The van der Waals surface area contributed by atoms with Gasteiger partial charge in [0.2, 0.25) is 0 Å². The monoisotopic (exact) mass is 131 g/mol. The molecule has 0 rings (SSSR count). The Hall–Kier alpha value is -0.650. The highest BCUT2D eigenvalue weighted by molar-refractivity contribution is 8.07. The van der Waals surface area contributed by atoms with E-state index in [0.717, 1.165) is 0 Å². The Kier molecular flexibility index (Phi) is 25.2. The van der Waals surface area contributed by atoms with Crippen LogP contribution in [0, 0.1) is 26.1 Å². The number of hydrogen-bond donors (Lipinski definition) is 1. The van der Waals surface area contributed by atoms with Crippen LogP contribution < -0.4 is 0 Å². The van der Waals surface area contributed by atoms with Crippen LogP contribution in [0.4, 0.5) is 0 Å². The lowest BCUT2D eigenvalue weighted by Gasteiger charge is -1.44. The molecule has 0 unspecified atom stereocenters. The number of hydrogen-bond acceptors (Lipinski definition) is 5. The summed E-state index contributed by atoms with van der Waals surface area (Å²) >= 11 is 3.91. The maximum atomic E-state index is 7.56. The molecule has 0 saturated heterocycles. The maximum absolute atomic E-state index is 7.56. The molecule has 3 nitrogen and oxygen atoms in total. The lowest BCUT2D eigenvalue weighted by molar-refractivity contribution is 1.56. The van der Waals surface area contributed by atoms with Gasteiger partial charge in [-0.3, -0.25) is 0 Å². The first-order valence-corrected chi connectivity index (χ1v) is 2.28. The summed E-state index contributed by atoms with van der Waals surface area (Å²) in [5, 5.41) is 18.3. The van der Waals surface area contributed by atoms with E-state index in [4.69, 9.17) is 15.3 Å². The molecule has 0 aromatic heterocycles. The van der Waals surface area contributed by atoms with E-state index < -0.39 is 0 Å². The Morgan fingerprint density at radius 2 is 1.57 bits per heavy atom. The molecule has 0 atom stereocenters. The number of nitrogens with zero attached hydrogens (tertiary/aromatic N) is 2. The zero-order valence-corrected chi connectivity index (χ0v) is 4.84. The lowest BCUT2D eigenvalue weighted by Crippen LogP contribution is -1.29. The minimum atomic E-state index is 0.574. The van der Waals surface area contributed by atoms with Crippen LogP contribution in [-0.4, -0.2) is 0 Å². The van der Waals surface area contributed by atoms with Crippen LogP contribution in [0.3, 0.4) is 0 Å². The van der Waals surface area contributed by atoms with Crippen LogP contribution in [0.2, 0.25) is 0 Å². The lowest BCUT2D eigenvalue weighted by atomic mass is 11.8. The topological polar surface area (TPSA) is 71.4 Å². The van der Waals surface area contributed by atoms with Crippen molar-refractivity contribution in [2.24, 2.45) is 0 Å². The minimum absolute atomic E-state index is 0.574. The maximum Gasteiger partial charge on any atom is 0.149 e. The first kappa shape index (κ1) is 9.61. The van der Waals surface area contributed by atoms with Crippen molar-refractivity contribution in [1.29, 1.82) is 15.3 Å². The normalized spacial score (nSPS) is 3.71. The molecule has 0 radical (unpaired) electrons. The molecule has 0 bridgehead atoms. The molecule has 7 heavy (non-hydrogen) atoms. The van der Waals surface area contributed by atoms with Crippen molar-refractivity contribution >= 4 is 24.2 Å². The molecule has 0 aliphatic carbocycles. The van der Waals surface area contributed by atoms with Gasteiger partial charge in [0.1, 0.15) is 10.8 Å². The largest absolute Gasteiger partial charge is 0.235 e. The second-order valence-electron chi connectivity index (χ2n) is 0.285. The van der Waals surface area contributed by atoms with E-state index in [-0.39, 0.29) is 0 Å². The minimum Gasteiger partial charge on any atom is -0.235 e. The van der Waals surface area contributed by atoms with Gasteiger partial charge < -0.3 is 0 Å². The fourth-order valence-corrected chi connectivity index (χ4v) is 0.0612. The Bertz CT molecular complexity index is 86.5. The highest BCUT2D eigenvalue weighted by atomic mass is 32.2. The molecular formula is C2HN3S2. The standard InChI is InChI=1S/C2N2S.HNS/c3-1-5-2-4;1-2/h;1H. The van der Waals surface area contributed by atoms with E-state index in [1.807, 2.05) is 0 Å². The van der Waals surface area contributed by atoms with Crippen LogP contribution >= 0.6 is 11.8 Å². The fraction of sp³-hybridized carbons (Fsp3) is 0. The summed E-state index contributed by atoms with van der Waals surface area (Å²) in [6.45, 7) is 0. The van der Waals surface area contributed by atoms with Crippen LogP contribution in [-0.2, 0) is 12.4 Å². The zero-order chi connectivity index (χ0) is 6.12. The number of nitrogens with one attached hydrogen (secondary N) is 1. The van der Waals surface area contributed by atoms with E-state index in [9.17, 15) is 0 Å². The van der Waals surface area contributed by atoms with E-state index in [2.05, 4.69) is 12.4 Å². The van der Waals surface area contributed by atoms with Crippen LogP contribution in [0.1, 0.15) is 0 Å². The van der Waals surface area contributed by atoms with Crippen molar-refractivity contribution in [2.75, 3.05) is 0 Å². The molecule has 0 aromatic rings. The summed E-state index contributed by atoms with van der Waals surface area (Å²) < 4.78 is 5.33. The van der Waals surface area contributed by atoms with Gasteiger partial charge in [-0.25, -0.2) is 4.78 Å². The van der Waals surface area contributed by atoms with Crippen LogP contribution in [0.5, 0.6) is 0 Å². The van der Waals surface area contributed by atoms with Crippen molar-refractivity contribution in [2.45, 2.75) is 0 Å². The summed E-state index contributed by atoms with van der Waals surface area (Å²) in [6, 6.07) is 0. The molecule has 0 spiro atoms. The summed E-state index contributed by atoms with van der Waals surface area (Å²) in [7, 11) is 0. The molecule has 1 N–H and O–H groups in total. The summed E-state index contributed by atoms with van der Waals surface area (Å²) in [6.07, 6.45) is 0. The first-order chi connectivity index (χ1) is 3.41. The predicted octanol–water partition coefficient (Wildman–Crippen LogP) is 0.977. The third kappa shape index (κ3) is 32.9. The molecule has 36 valence electrons. The third-order valence-corrected chi connectivity index (χ3v) is 0.274. The molecule has 0 aliphatic rings. The number of rotatable bonds is 0. The average Bonchev–Trinajstić information content (AvgIpc) is 1.75. The predicted molar refractivity (Wildman–Crippen MR) is 28.9 cm³/mol. The molecule has 5 heteroatoms. The second-order valence-corrected chi connectivity index (χ2v) is 0.854. The Labute approximate surface area is 50.9 Å². The van der Waals surface area contributed by atoms with E-state index in [1.165, 1.54) is 0 Å². The number of nitriles is 2. The van der Waals surface area contributed by atoms with Crippen molar-refractivity contribution in [3.05, 3.63) is 0 Å². The SMILES string of the molecule is N#CSC#N.N=S. The molecular weight excluding hydrogens is 130 g/mol. The Balaban J connectivity index is 0. The fourth-order valence-electron chi connectivity index (χ4n) is 0.0204. The van der Waals surface area contributed by atoms with E-state index >= 15 is 0 Å². The van der Waals surface area contributed by atoms with Gasteiger partial charge in [0.15, 0.2) is 0 Å². The first-order valence-electron chi connectivity index (χ1n) is 1.06. The van der Waals surface area contributed by atoms with Gasteiger partial charge in [-0.05, 0) is 0 Å². The van der Waals surface area contributed by atoms with Gasteiger partial charge in [-0.2, -0.15) is 10.5 Å². The Morgan fingerprint density at radius 3 is 1.57 bits per heavy atom. The van der Waals surface area contributed by atoms with Gasteiger partial charge in [0.05, 0.1) is 11.8 Å². The Morgan fingerprint density at radius 1 is 1.29 bits per heavy atom. The van der Waals surface area contributed by atoms with Gasteiger partial charge >= 0.3 is 0 Å². The van der Waals surface area contributed by atoms with Gasteiger partial charge in [0.25, 0.3) is 0 Å². The second kappa shape index (κ2) is 18.3. The summed E-state index contributed by atoms with van der Waals surface area (Å²) in [5.74, 6) is 0. The summed E-state index contributed by atoms with van der Waals surface area (Å²) in [5.41, 5.74) is 0. The van der Waals surface area contributed by atoms with Crippen molar-refractivity contribution < 1.29 is 0 Å². The highest BCUT2D eigenvalue weighted by Crippen LogP contribution is 1.85. The smallest absolute Gasteiger partial charge is 0.149 e. The van der Waals surface area contributed by atoms with Crippen LogP contribution in [0.25, 0.3) is 0 Å². The average molecular weight is 131 g/mol.